The Morgan fingerprint density at radius 3 is 1.79 bits per heavy atom. The number of hydrogen-bond acceptors (Lipinski definition) is 3. The van der Waals surface area contributed by atoms with E-state index in [9.17, 15) is 14.0 Å². The van der Waals surface area contributed by atoms with Crippen LogP contribution in [0, 0.1) is 5.82 Å². The molecule has 0 aliphatic heterocycles. The van der Waals surface area contributed by atoms with Gasteiger partial charge in [-0.05, 0) is 47.6 Å². The Labute approximate surface area is 172 Å². The molecule has 5 nitrogen and oxygen atoms in total. The van der Waals surface area contributed by atoms with E-state index >= 15 is 0 Å². The van der Waals surface area contributed by atoms with Crippen LogP contribution in [-0.4, -0.2) is 16.9 Å². The first kappa shape index (κ1) is 20.2. The Bertz CT molecular complexity index is 956. The smallest absolute Gasteiger partial charge is 0.257 e. The summed E-state index contributed by atoms with van der Waals surface area (Å²) < 4.78 is 13.0. The molecular formula is C22H18FN3O2S. The van der Waals surface area contributed by atoms with Crippen molar-refractivity contribution in [3.05, 3.63) is 107 Å². The zero-order valence-electron chi connectivity index (χ0n) is 15.3. The number of hydrogen-bond donors (Lipinski definition) is 3. The zero-order valence-corrected chi connectivity index (χ0v) is 16.1. The maximum Gasteiger partial charge on any atom is 0.257 e. The van der Waals surface area contributed by atoms with Crippen LogP contribution in [-0.2, 0) is 4.79 Å². The molecule has 3 aromatic carbocycles. The fraction of sp³-hybridized carbons (Fsp3) is 0.0455. The average Bonchev–Trinajstić information content (AvgIpc) is 2.74. The van der Waals surface area contributed by atoms with Crippen LogP contribution in [0.3, 0.4) is 0 Å². The molecule has 3 N–H and O–H groups in total. The van der Waals surface area contributed by atoms with Crippen LogP contribution in [0.5, 0.6) is 0 Å². The molecule has 0 aliphatic carbocycles. The highest BCUT2D eigenvalue weighted by molar-refractivity contribution is 7.80. The second-order valence-electron chi connectivity index (χ2n) is 6.16. The molecule has 0 atom stereocenters. The Hall–Kier alpha value is -3.58. The van der Waals surface area contributed by atoms with Gasteiger partial charge in [-0.3, -0.25) is 25.8 Å². The Kier molecular flexibility index (Phi) is 6.65. The zero-order chi connectivity index (χ0) is 20.6. The number of hydrazine groups is 1. The second kappa shape index (κ2) is 9.57. The Balaban J connectivity index is 1.65. The third-order valence-corrected chi connectivity index (χ3v) is 4.36. The third-order valence-electron chi connectivity index (χ3n) is 4.16. The van der Waals surface area contributed by atoms with Gasteiger partial charge in [0.1, 0.15) is 5.82 Å². The first-order chi connectivity index (χ1) is 14.0. The van der Waals surface area contributed by atoms with Gasteiger partial charge in [0.15, 0.2) is 5.11 Å². The number of nitrogens with one attached hydrogen (secondary N) is 3. The van der Waals surface area contributed by atoms with Crippen molar-refractivity contribution in [2.24, 2.45) is 0 Å². The van der Waals surface area contributed by atoms with E-state index in [-0.39, 0.29) is 16.6 Å². The summed E-state index contributed by atoms with van der Waals surface area (Å²) in [4.78, 5) is 25.0. The minimum absolute atomic E-state index is 0.0763. The Morgan fingerprint density at radius 2 is 1.28 bits per heavy atom. The molecule has 0 fully saturated rings. The number of benzene rings is 3. The number of amides is 2. The quantitative estimate of drug-likeness (QED) is 0.459. The Morgan fingerprint density at radius 1 is 0.759 bits per heavy atom. The molecule has 0 radical (unpaired) electrons. The topological polar surface area (TPSA) is 70.2 Å². The van der Waals surface area contributed by atoms with Crippen LogP contribution in [0.15, 0.2) is 84.9 Å². The van der Waals surface area contributed by atoms with Gasteiger partial charge in [-0.2, -0.15) is 0 Å². The van der Waals surface area contributed by atoms with Crippen LogP contribution in [0.2, 0.25) is 0 Å². The van der Waals surface area contributed by atoms with E-state index in [4.69, 9.17) is 12.2 Å². The summed E-state index contributed by atoms with van der Waals surface area (Å²) in [7, 11) is 0. The molecule has 146 valence electrons. The SMILES string of the molecule is O=C(NC(=S)NNC(=O)C(c1ccccc1)c1ccccc1)c1ccc(F)cc1. The lowest BCUT2D eigenvalue weighted by atomic mass is 9.91. The van der Waals surface area contributed by atoms with Gasteiger partial charge < -0.3 is 0 Å². The van der Waals surface area contributed by atoms with Gasteiger partial charge in [0.2, 0.25) is 5.91 Å². The van der Waals surface area contributed by atoms with Gasteiger partial charge in [0.25, 0.3) is 5.91 Å². The lowest BCUT2D eigenvalue weighted by Crippen LogP contribution is -2.49. The van der Waals surface area contributed by atoms with E-state index in [2.05, 4.69) is 16.2 Å². The van der Waals surface area contributed by atoms with Crippen LogP contribution >= 0.6 is 12.2 Å². The first-order valence-corrected chi connectivity index (χ1v) is 9.22. The lowest BCUT2D eigenvalue weighted by Gasteiger charge is -2.19. The predicted octanol–water partition coefficient (Wildman–Crippen LogP) is 3.29. The maximum absolute atomic E-state index is 13.0. The summed E-state index contributed by atoms with van der Waals surface area (Å²) in [6.07, 6.45) is 0. The molecule has 3 rings (SSSR count). The molecule has 0 aliphatic rings. The molecule has 0 saturated heterocycles. The van der Waals surface area contributed by atoms with Crippen molar-refractivity contribution in [1.82, 2.24) is 16.2 Å². The van der Waals surface area contributed by atoms with Crippen LogP contribution in [0.25, 0.3) is 0 Å². The number of thiocarbonyl (C=S) groups is 1. The summed E-state index contributed by atoms with van der Waals surface area (Å²) in [6.45, 7) is 0. The van der Waals surface area contributed by atoms with E-state index in [1.54, 1.807) is 0 Å². The van der Waals surface area contributed by atoms with E-state index in [0.29, 0.717) is 0 Å². The summed E-state index contributed by atoms with van der Waals surface area (Å²) in [5, 5.41) is 2.36. The van der Waals surface area contributed by atoms with Gasteiger partial charge in [-0.1, -0.05) is 60.7 Å². The molecule has 0 heterocycles. The minimum atomic E-state index is -0.555. The number of carbonyl (C=O) groups is 2. The van der Waals surface area contributed by atoms with Crippen molar-refractivity contribution in [3.8, 4) is 0 Å². The summed E-state index contributed by atoms with van der Waals surface area (Å²) in [5.41, 5.74) is 6.96. The highest BCUT2D eigenvalue weighted by Gasteiger charge is 2.22. The van der Waals surface area contributed by atoms with Crippen molar-refractivity contribution < 1.29 is 14.0 Å². The maximum atomic E-state index is 13.0. The van der Waals surface area contributed by atoms with Gasteiger partial charge in [-0.25, -0.2) is 4.39 Å². The van der Waals surface area contributed by atoms with Crippen LogP contribution < -0.4 is 16.2 Å². The van der Waals surface area contributed by atoms with Crippen molar-refractivity contribution in [2.45, 2.75) is 5.92 Å². The fourth-order valence-electron chi connectivity index (χ4n) is 2.78. The van der Waals surface area contributed by atoms with Crippen molar-refractivity contribution in [1.29, 1.82) is 0 Å². The van der Waals surface area contributed by atoms with Crippen LogP contribution in [0.1, 0.15) is 27.4 Å². The second-order valence-corrected chi connectivity index (χ2v) is 6.57. The molecule has 0 saturated carbocycles. The van der Waals surface area contributed by atoms with Crippen molar-refractivity contribution in [3.63, 3.8) is 0 Å². The number of halogens is 1. The molecule has 0 aromatic heterocycles. The highest BCUT2D eigenvalue weighted by atomic mass is 32.1. The number of rotatable bonds is 4. The van der Waals surface area contributed by atoms with Crippen LogP contribution in [0.4, 0.5) is 4.39 Å². The summed E-state index contributed by atoms with van der Waals surface area (Å²) >= 11 is 5.06. The largest absolute Gasteiger partial charge is 0.298 e. The number of carbonyl (C=O) groups excluding carboxylic acids is 2. The first-order valence-electron chi connectivity index (χ1n) is 8.81. The average molecular weight is 407 g/mol. The summed E-state index contributed by atoms with van der Waals surface area (Å²) in [5.74, 6) is -1.84. The summed E-state index contributed by atoms with van der Waals surface area (Å²) in [6, 6.07) is 23.7. The van der Waals surface area contributed by atoms with E-state index in [1.165, 1.54) is 24.3 Å². The van der Waals surface area contributed by atoms with Crippen molar-refractivity contribution in [2.75, 3.05) is 0 Å². The van der Waals surface area contributed by atoms with Crippen molar-refractivity contribution >= 4 is 29.1 Å². The molecule has 0 unspecified atom stereocenters. The normalized spacial score (nSPS) is 10.3. The third kappa shape index (κ3) is 5.46. The predicted molar refractivity (Wildman–Crippen MR) is 112 cm³/mol. The molecule has 3 aromatic rings. The van der Waals surface area contributed by atoms with E-state index in [1.807, 2.05) is 60.7 Å². The standard InChI is InChI=1S/C22H18FN3O2S/c23-18-13-11-17(12-14-18)20(27)24-22(29)26-25-21(28)19(15-7-3-1-4-8-15)16-9-5-2-6-10-16/h1-14,19H,(H,25,28)(H2,24,26,27,29). The van der Waals surface area contributed by atoms with Gasteiger partial charge in [-0.15, -0.1) is 0 Å². The fourth-order valence-corrected chi connectivity index (χ4v) is 2.93. The molecule has 7 heteroatoms. The lowest BCUT2D eigenvalue weighted by molar-refractivity contribution is -0.122. The monoisotopic (exact) mass is 407 g/mol. The molecule has 29 heavy (non-hydrogen) atoms. The van der Waals surface area contributed by atoms with E-state index < -0.39 is 17.6 Å². The highest BCUT2D eigenvalue weighted by Crippen LogP contribution is 2.24. The molecule has 2 amide bonds. The van der Waals surface area contributed by atoms with Gasteiger partial charge in [0.05, 0.1) is 5.92 Å². The molecule has 0 spiro atoms. The van der Waals surface area contributed by atoms with E-state index in [0.717, 1.165) is 11.1 Å². The van der Waals surface area contributed by atoms with Gasteiger partial charge in [0, 0.05) is 5.56 Å². The molecule has 0 bridgehead atoms. The molecular weight excluding hydrogens is 389 g/mol. The minimum Gasteiger partial charge on any atom is -0.298 e. The van der Waals surface area contributed by atoms with Gasteiger partial charge >= 0.3 is 0 Å².